The Morgan fingerprint density at radius 2 is 1.85 bits per heavy atom. The van der Waals surface area contributed by atoms with Crippen molar-refractivity contribution in [1.82, 2.24) is 20.3 Å². The highest BCUT2D eigenvalue weighted by Crippen LogP contribution is 2.46. The summed E-state index contributed by atoms with van der Waals surface area (Å²) in [5.74, 6) is -3.41. The lowest BCUT2D eigenvalue weighted by atomic mass is 9.88. The van der Waals surface area contributed by atoms with Crippen molar-refractivity contribution in [3.05, 3.63) is 36.0 Å². The highest BCUT2D eigenvalue weighted by atomic mass is 16.4. The number of primary amides is 1. The molecule has 176 valence electrons. The number of rotatable bonds is 9. The van der Waals surface area contributed by atoms with Gasteiger partial charge in [0.1, 0.15) is 5.69 Å². The van der Waals surface area contributed by atoms with Gasteiger partial charge in [0.05, 0.1) is 6.04 Å². The normalized spacial score (nSPS) is 24.8. The summed E-state index contributed by atoms with van der Waals surface area (Å²) in [4.78, 5) is 61.8. The van der Waals surface area contributed by atoms with Crippen molar-refractivity contribution in [1.29, 1.82) is 0 Å². The Kier molecular flexibility index (Phi) is 6.00. The van der Waals surface area contributed by atoms with Gasteiger partial charge in [-0.15, -0.1) is 0 Å². The molecule has 2 aromatic rings. The van der Waals surface area contributed by atoms with Gasteiger partial charge in [-0.05, 0) is 24.5 Å². The number of para-hydroxylation sites is 1. The lowest BCUT2D eigenvalue weighted by Crippen LogP contribution is -2.55. The molecule has 1 fully saturated rings. The van der Waals surface area contributed by atoms with Crippen LogP contribution in [0.5, 0.6) is 0 Å². The molecule has 1 aromatic heterocycles. The molecule has 0 spiro atoms. The van der Waals surface area contributed by atoms with Crippen LogP contribution in [0, 0.1) is 5.92 Å². The number of amides is 3. The number of aldehydes is 1. The largest absolute Gasteiger partial charge is 0.479 e. The molecule has 2 unspecified atom stereocenters. The van der Waals surface area contributed by atoms with E-state index in [9.17, 15) is 29.1 Å². The fourth-order valence-corrected chi connectivity index (χ4v) is 4.15. The lowest BCUT2D eigenvalue weighted by Gasteiger charge is -2.23. The Labute approximate surface area is 188 Å². The number of carbonyl (C=O) groups excluding carboxylic acids is 4. The van der Waals surface area contributed by atoms with Crippen molar-refractivity contribution < 1.29 is 29.1 Å². The molecule has 12 heteroatoms. The number of ketones is 1. The number of urea groups is 1. The molecule has 0 bridgehead atoms. The van der Waals surface area contributed by atoms with Crippen LogP contribution in [0.3, 0.4) is 0 Å². The van der Waals surface area contributed by atoms with Crippen LogP contribution in [-0.2, 0) is 21.4 Å². The summed E-state index contributed by atoms with van der Waals surface area (Å²) >= 11 is 0. The summed E-state index contributed by atoms with van der Waals surface area (Å²) in [6.07, 6.45) is 0.139. The highest BCUT2D eigenvalue weighted by Gasteiger charge is 2.84. The van der Waals surface area contributed by atoms with Crippen molar-refractivity contribution in [2.45, 2.75) is 37.5 Å². The van der Waals surface area contributed by atoms with E-state index < -0.39 is 40.9 Å². The molecular formula is C21H26N6O6. The molecule has 7 N–H and O–H groups in total. The number of nitrogens with one attached hydrogen (secondary N) is 2. The van der Waals surface area contributed by atoms with Gasteiger partial charge in [0.15, 0.2) is 12.1 Å². The third kappa shape index (κ3) is 3.62. The lowest BCUT2D eigenvalue weighted by molar-refractivity contribution is -0.143. The number of fused-ring (bicyclic) bond motifs is 1. The van der Waals surface area contributed by atoms with Crippen LogP contribution in [0.15, 0.2) is 30.3 Å². The molecule has 33 heavy (non-hydrogen) atoms. The number of hydrogen-bond donors (Lipinski definition) is 5. The Hall–Kier alpha value is -3.77. The first-order valence-corrected chi connectivity index (χ1v) is 10.2. The number of nitrogens with two attached hydrogens (primary N) is 2. The third-order valence-corrected chi connectivity index (χ3v) is 5.84. The standard InChI is InChI=1S/C21H26N6O6/c1-11(2)8-13(24-17(30)15-9-12-6-4-5-7-14(12)26(15)3)16(29)20(10-28)21(23,18(31)32)27(20)25-19(22)33/h4-7,9-11,13H,8,23H2,1-3H3,(H,24,30)(H,31,32)(H3,22,25,33)/t13-,20-,21?,27?/m0/s1. The summed E-state index contributed by atoms with van der Waals surface area (Å²) < 4.78 is 1.65. The van der Waals surface area contributed by atoms with Crippen LogP contribution in [-0.4, -0.2) is 61.9 Å². The maximum absolute atomic E-state index is 13.5. The number of Topliss-reactive ketones (excluding diaryl/α,β-unsaturated/α-hetero) is 1. The van der Waals surface area contributed by atoms with E-state index in [-0.39, 0.29) is 24.3 Å². The molecule has 1 aliphatic rings. The van der Waals surface area contributed by atoms with Crippen LogP contribution >= 0.6 is 0 Å². The molecule has 0 saturated carbocycles. The predicted molar refractivity (Wildman–Crippen MR) is 117 cm³/mol. The van der Waals surface area contributed by atoms with Crippen molar-refractivity contribution in [3.63, 3.8) is 0 Å². The molecule has 1 aliphatic heterocycles. The SMILES string of the molecule is CC(C)C[C@H](NC(=O)c1cc2ccccc2n1C)C(=O)[C@]1(C=O)N(NC(N)=O)C1(N)C(=O)O. The molecular weight excluding hydrogens is 432 g/mol. The minimum Gasteiger partial charge on any atom is -0.479 e. The first-order chi connectivity index (χ1) is 15.4. The number of hydrogen-bond acceptors (Lipinski definition) is 7. The molecule has 0 aliphatic carbocycles. The average molecular weight is 458 g/mol. The maximum atomic E-state index is 13.5. The highest BCUT2D eigenvalue weighted by molar-refractivity contribution is 6.18. The molecule has 1 aromatic carbocycles. The number of hydrazine groups is 1. The number of carboxylic acids is 1. The van der Waals surface area contributed by atoms with E-state index in [0.29, 0.717) is 5.01 Å². The van der Waals surface area contributed by atoms with Gasteiger partial charge in [0, 0.05) is 18.0 Å². The molecule has 1 saturated heterocycles. The van der Waals surface area contributed by atoms with Crippen LogP contribution in [0.4, 0.5) is 4.79 Å². The third-order valence-electron chi connectivity index (χ3n) is 5.84. The number of aliphatic carboxylic acids is 1. The van der Waals surface area contributed by atoms with Crippen LogP contribution < -0.4 is 22.2 Å². The zero-order chi connectivity index (χ0) is 24.7. The van der Waals surface area contributed by atoms with E-state index in [4.69, 9.17) is 11.5 Å². The Morgan fingerprint density at radius 1 is 1.21 bits per heavy atom. The zero-order valence-corrected chi connectivity index (χ0v) is 18.4. The van der Waals surface area contributed by atoms with Crippen LogP contribution in [0.2, 0.25) is 0 Å². The maximum Gasteiger partial charge on any atom is 0.343 e. The molecule has 0 radical (unpaired) electrons. The van der Waals surface area contributed by atoms with Gasteiger partial charge in [-0.1, -0.05) is 32.0 Å². The van der Waals surface area contributed by atoms with Crippen molar-refractivity contribution in [2.24, 2.45) is 24.4 Å². The summed E-state index contributed by atoms with van der Waals surface area (Å²) in [5, 5.41) is 13.5. The van der Waals surface area contributed by atoms with Gasteiger partial charge < -0.3 is 25.5 Å². The van der Waals surface area contributed by atoms with E-state index in [2.05, 4.69) is 5.32 Å². The number of aromatic nitrogens is 1. The first kappa shape index (κ1) is 23.9. The second kappa shape index (κ2) is 8.30. The van der Waals surface area contributed by atoms with Gasteiger partial charge in [0.25, 0.3) is 5.91 Å². The average Bonchev–Trinajstić information content (AvgIpc) is 3.09. The molecule has 4 atom stereocenters. The fourth-order valence-electron chi connectivity index (χ4n) is 4.15. The van der Waals surface area contributed by atoms with E-state index >= 15 is 0 Å². The zero-order valence-electron chi connectivity index (χ0n) is 18.4. The molecule has 3 rings (SSSR count). The number of carboxylic acid groups (broad SMARTS) is 1. The van der Waals surface area contributed by atoms with Gasteiger partial charge in [0.2, 0.25) is 11.2 Å². The Morgan fingerprint density at radius 3 is 2.36 bits per heavy atom. The van der Waals surface area contributed by atoms with E-state index in [1.165, 1.54) is 0 Å². The van der Waals surface area contributed by atoms with Gasteiger partial charge in [-0.3, -0.25) is 20.7 Å². The number of benzene rings is 1. The molecule has 2 heterocycles. The van der Waals surface area contributed by atoms with Crippen molar-refractivity contribution >= 4 is 40.9 Å². The van der Waals surface area contributed by atoms with E-state index in [1.54, 1.807) is 31.5 Å². The second-order valence-corrected chi connectivity index (χ2v) is 8.43. The predicted octanol–water partition coefficient (Wildman–Crippen LogP) is -0.532. The minimum atomic E-state index is -2.56. The second-order valence-electron chi connectivity index (χ2n) is 8.43. The quantitative estimate of drug-likeness (QED) is 0.188. The van der Waals surface area contributed by atoms with Crippen molar-refractivity contribution in [3.8, 4) is 0 Å². The Bertz CT molecular complexity index is 1160. The summed E-state index contributed by atoms with van der Waals surface area (Å²) in [6, 6.07) is 6.48. The van der Waals surface area contributed by atoms with E-state index in [1.807, 2.05) is 29.7 Å². The first-order valence-electron chi connectivity index (χ1n) is 10.2. The topological polar surface area (TPSA) is 190 Å². The summed E-state index contributed by atoms with van der Waals surface area (Å²) in [7, 11) is 1.69. The number of aryl methyl sites for hydroxylation is 1. The summed E-state index contributed by atoms with van der Waals surface area (Å²) in [5.41, 5.74) is 8.89. The Balaban J connectivity index is 1.98. The van der Waals surface area contributed by atoms with Gasteiger partial charge >= 0.3 is 12.0 Å². The smallest absolute Gasteiger partial charge is 0.343 e. The van der Waals surface area contributed by atoms with Gasteiger partial charge in [-0.25, -0.2) is 9.59 Å². The van der Waals surface area contributed by atoms with Crippen LogP contribution in [0.25, 0.3) is 10.9 Å². The minimum absolute atomic E-state index is 0.0513. The van der Waals surface area contributed by atoms with Crippen LogP contribution in [0.1, 0.15) is 30.8 Å². The van der Waals surface area contributed by atoms with Gasteiger partial charge in [-0.2, -0.15) is 5.01 Å². The van der Waals surface area contributed by atoms with E-state index in [0.717, 1.165) is 10.9 Å². The summed E-state index contributed by atoms with van der Waals surface area (Å²) in [6.45, 7) is 3.58. The fraction of sp³-hybridized carbons (Fsp3) is 0.381. The molecule has 12 nitrogen and oxygen atoms in total. The number of nitrogens with zero attached hydrogens (tertiary/aromatic N) is 2. The molecule has 3 amide bonds. The monoisotopic (exact) mass is 458 g/mol. The van der Waals surface area contributed by atoms with Crippen molar-refractivity contribution in [2.75, 3.05) is 0 Å². The number of carbonyl (C=O) groups is 5.